The Kier molecular flexibility index (Phi) is 2.28. The van der Waals surface area contributed by atoms with Crippen LogP contribution in [0.5, 0.6) is 0 Å². The van der Waals surface area contributed by atoms with Crippen LogP contribution in [0.1, 0.15) is 32.1 Å². The lowest BCUT2D eigenvalue weighted by Crippen LogP contribution is -2.42. The van der Waals surface area contributed by atoms with Crippen LogP contribution in [0.15, 0.2) is 0 Å². The molecule has 0 aromatic rings. The minimum Gasteiger partial charge on any atom is -0.393 e. The van der Waals surface area contributed by atoms with E-state index in [-0.39, 0.29) is 29.8 Å². The van der Waals surface area contributed by atoms with Gasteiger partial charge in [-0.3, -0.25) is 14.5 Å². The van der Waals surface area contributed by atoms with Crippen LogP contribution in [0.4, 0.5) is 0 Å². The van der Waals surface area contributed by atoms with Crippen LogP contribution in [0, 0.1) is 17.8 Å². The zero-order valence-corrected chi connectivity index (χ0v) is 9.26. The highest BCUT2D eigenvalue weighted by atomic mass is 16.3. The van der Waals surface area contributed by atoms with E-state index in [1.54, 1.807) is 0 Å². The van der Waals surface area contributed by atoms with Gasteiger partial charge in [0.1, 0.15) is 0 Å². The summed E-state index contributed by atoms with van der Waals surface area (Å²) in [6, 6.07) is 0. The summed E-state index contributed by atoms with van der Waals surface area (Å²) in [6.07, 6.45) is 4.07. The fourth-order valence-electron chi connectivity index (χ4n) is 3.35. The van der Waals surface area contributed by atoms with Crippen LogP contribution >= 0.6 is 0 Å². The van der Waals surface area contributed by atoms with Crippen molar-refractivity contribution >= 4 is 11.8 Å². The number of likely N-dealkylation sites (tertiary alicyclic amines) is 1. The van der Waals surface area contributed by atoms with Gasteiger partial charge in [0.25, 0.3) is 0 Å². The third kappa shape index (κ3) is 1.39. The monoisotopic (exact) mass is 223 g/mol. The summed E-state index contributed by atoms with van der Waals surface area (Å²) in [7, 11) is 0. The van der Waals surface area contributed by atoms with Gasteiger partial charge in [0.2, 0.25) is 11.8 Å². The number of hydrogen-bond donors (Lipinski definition) is 1. The van der Waals surface area contributed by atoms with E-state index >= 15 is 0 Å². The number of carbonyl (C=O) groups excluding carboxylic acids is 2. The standard InChI is InChI=1S/C12H17NO3/c14-8-4-7(5-8)6-13-11(15)9-2-1-3-10(9)12(13)16/h7-10,14H,1-6H2. The molecule has 0 aromatic carbocycles. The predicted octanol–water partition coefficient (Wildman–Crippen LogP) is 0.542. The third-order valence-electron chi connectivity index (χ3n) is 4.33. The molecule has 3 rings (SSSR count). The molecule has 88 valence electrons. The topological polar surface area (TPSA) is 57.6 Å². The summed E-state index contributed by atoms with van der Waals surface area (Å²) in [5.74, 6) is 0.402. The second-order valence-corrected chi connectivity index (χ2v) is 5.42. The van der Waals surface area contributed by atoms with Gasteiger partial charge in [0.05, 0.1) is 17.9 Å². The summed E-state index contributed by atoms with van der Waals surface area (Å²) in [6.45, 7) is 0.543. The summed E-state index contributed by atoms with van der Waals surface area (Å²) in [5, 5.41) is 9.20. The Balaban J connectivity index is 1.67. The number of imide groups is 1. The van der Waals surface area contributed by atoms with E-state index in [1.165, 1.54) is 4.90 Å². The molecule has 0 aromatic heterocycles. The van der Waals surface area contributed by atoms with Gasteiger partial charge in [-0.05, 0) is 31.6 Å². The molecule has 2 saturated carbocycles. The fourth-order valence-corrected chi connectivity index (χ4v) is 3.35. The van der Waals surface area contributed by atoms with Crippen molar-refractivity contribution in [3.8, 4) is 0 Å². The van der Waals surface area contributed by atoms with Crippen LogP contribution < -0.4 is 0 Å². The normalized spacial score (nSPS) is 42.4. The first-order valence-corrected chi connectivity index (χ1v) is 6.20. The Hall–Kier alpha value is -0.900. The summed E-state index contributed by atoms with van der Waals surface area (Å²) < 4.78 is 0. The molecule has 1 N–H and O–H groups in total. The SMILES string of the molecule is O=C1C2CCCC2C(=O)N1CC1CC(O)C1. The molecule has 2 aliphatic carbocycles. The Morgan fingerprint density at radius 1 is 1.12 bits per heavy atom. The van der Waals surface area contributed by atoms with Gasteiger partial charge < -0.3 is 5.11 Å². The molecule has 1 heterocycles. The van der Waals surface area contributed by atoms with Crippen molar-refractivity contribution in [3.05, 3.63) is 0 Å². The van der Waals surface area contributed by atoms with Gasteiger partial charge in [0, 0.05) is 6.54 Å². The zero-order chi connectivity index (χ0) is 11.3. The van der Waals surface area contributed by atoms with Crippen LogP contribution in [0.25, 0.3) is 0 Å². The predicted molar refractivity (Wildman–Crippen MR) is 56.3 cm³/mol. The van der Waals surface area contributed by atoms with Crippen molar-refractivity contribution in [2.45, 2.75) is 38.2 Å². The van der Waals surface area contributed by atoms with E-state index in [4.69, 9.17) is 0 Å². The first kappa shape index (κ1) is 10.3. The minimum atomic E-state index is -0.211. The van der Waals surface area contributed by atoms with Crippen molar-refractivity contribution in [1.82, 2.24) is 4.90 Å². The molecule has 3 aliphatic rings. The molecule has 2 atom stereocenters. The van der Waals surface area contributed by atoms with E-state index in [0.29, 0.717) is 12.5 Å². The zero-order valence-electron chi connectivity index (χ0n) is 9.26. The highest BCUT2D eigenvalue weighted by molar-refractivity contribution is 6.05. The number of aliphatic hydroxyl groups is 1. The van der Waals surface area contributed by atoms with E-state index in [0.717, 1.165) is 32.1 Å². The van der Waals surface area contributed by atoms with Crippen LogP contribution in [-0.4, -0.2) is 34.5 Å². The quantitative estimate of drug-likeness (QED) is 0.695. The lowest BCUT2D eigenvalue weighted by atomic mass is 9.82. The van der Waals surface area contributed by atoms with Gasteiger partial charge in [-0.1, -0.05) is 6.42 Å². The average Bonchev–Trinajstić information content (AvgIpc) is 2.75. The molecule has 4 nitrogen and oxygen atoms in total. The van der Waals surface area contributed by atoms with Crippen molar-refractivity contribution in [2.24, 2.45) is 17.8 Å². The first-order chi connectivity index (χ1) is 7.66. The molecule has 2 amide bonds. The number of amides is 2. The number of aliphatic hydroxyl groups excluding tert-OH is 1. The van der Waals surface area contributed by atoms with Gasteiger partial charge in [-0.15, -0.1) is 0 Å². The maximum absolute atomic E-state index is 12.0. The lowest BCUT2D eigenvalue weighted by Gasteiger charge is -2.33. The number of nitrogens with zero attached hydrogens (tertiary/aromatic N) is 1. The molecule has 0 radical (unpaired) electrons. The Labute approximate surface area is 94.6 Å². The van der Waals surface area contributed by atoms with Gasteiger partial charge >= 0.3 is 0 Å². The van der Waals surface area contributed by atoms with Crippen molar-refractivity contribution in [2.75, 3.05) is 6.54 Å². The minimum absolute atomic E-state index is 0.0162. The number of carbonyl (C=O) groups is 2. The summed E-state index contributed by atoms with van der Waals surface area (Å²) in [5.41, 5.74) is 0. The van der Waals surface area contributed by atoms with Crippen LogP contribution in [-0.2, 0) is 9.59 Å². The summed E-state index contributed by atoms with van der Waals surface area (Å²) in [4.78, 5) is 25.5. The van der Waals surface area contributed by atoms with E-state index in [9.17, 15) is 14.7 Å². The Morgan fingerprint density at radius 2 is 1.69 bits per heavy atom. The fraction of sp³-hybridized carbons (Fsp3) is 0.833. The van der Waals surface area contributed by atoms with Gasteiger partial charge in [0.15, 0.2) is 0 Å². The molecule has 0 spiro atoms. The average molecular weight is 223 g/mol. The molecule has 2 unspecified atom stereocenters. The Morgan fingerprint density at radius 3 is 2.19 bits per heavy atom. The van der Waals surface area contributed by atoms with Crippen LogP contribution in [0.3, 0.4) is 0 Å². The Bertz CT molecular complexity index is 313. The number of hydrogen-bond acceptors (Lipinski definition) is 3. The van der Waals surface area contributed by atoms with E-state index < -0.39 is 0 Å². The molecule has 1 aliphatic heterocycles. The molecular formula is C12H17NO3. The lowest BCUT2D eigenvalue weighted by molar-refractivity contribution is -0.142. The highest BCUT2D eigenvalue weighted by Crippen LogP contribution is 2.41. The molecule has 4 heteroatoms. The molecule has 0 bridgehead atoms. The van der Waals surface area contributed by atoms with Gasteiger partial charge in [-0.2, -0.15) is 0 Å². The maximum atomic E-state index is 12.0. The first-order valence-electron chi connectivity index (χ1n) is 6.20. The smallest absolute Gasteiger partial charge is 0.233 e. The van der Waals surface area contributed by atoms with Crippen molar-refractivity contribution in [3.63, 3.8) is 0 Å². The molecule has 1 saturated heterocycles. The number of rotatable bonds is 2. The van der Waals surface area contributed by atoms with E-state index in [2.05, 4.69) is 0 Å². The highest BCUT2D eigenvalue weighted by Gasteiger charge is 2.50. The molecular weight excluding hydrogens is 206 g/mol. The van der Waals surface area contributed by atoms with Crippen LogP contribution in [0.2, 0.25) is 0 Å². The second kappa shape index (κ2) is 3.55. The van der Waals surface area contributed by atoms with Gasteiger partial charge in [-0.25, -0.2) is 0 Å². The third-order valence-corrected chi connectivity index (χ3v) is 4.33. The molecule has 16 heavy (non-hydrogen) atoms. The van der Waals surface area contributed by atoms with Crippen molar-refractivity contribution in [1.29, 1.82) is 0 Å². The molecule has 3 fully saturated rings. The summed E-state index contributed by atoms with van der Waals surface area (Å²) >= 11 is 0. The largest absolute Gasteiger partial charge is 0.393 e. The van der Waals surface area contributed by atoms with Crippen molar-refractivity contribution < 1.29 is 14.7 Å². The number of fused-ring (bicyclic) bond motifs is 1. The second-order valence-electron chi connectivity index (χ2n) is 5.42. The maximum Gasteiger partial charge on any atom is 0.233 e. The van der Waals surface area contributed by atoms with E-state index in [1.807, 2.05) is 0 Å².